The molecule has 0 heterocycles. The summed E-state index contributed by atoms with van der Waals surface area (Å²) in [5, 5.41) is 8.95. The van der Waals surface area contributed by atoms with Gasteiger partial charge in [-0.1, -0.05) is 30.3 Å². The van der Waals surface area contributed by atoms with Gasteiger partial charge in [0.05, 0.1) is 6.61 Å². The molecule has 0 radical (unpaired) electrons. The van der Waals surface area contributed by atoms with Gasteiger partial charge in [0.1, 0.15) is 6.61 Å². The highest BCUT2D eigenvalue weighted by Crippen LogP contribution is 2.22. The van der Waals surface area contributed by atoms with E-state index in [4.69, 9.17) is 15.6 Å². The van der Waals surface area contributed by atoms with Crippen LogP contribution in [0.15, 0.2) is 42.5 Å². The number of benzene rings is 2. The van der Waals surface area contributed by atoms with Crippen molar-refractivity contribution in [3.8, 4) is 5.75 Å². The molecule has 3 nitrogen and oxygen atoms in total. The predicted molar refractivity (Wildman–Crippen MR) is 75.7 cm³/mol. The highest BCUT2D eigenvalue weighted by atomic mass is 19.1. The Kier molecular flexibility index (Phi) is 4.71. The summed E-state index contributed by atoms with van der Waals surface area (Å²) in [6, 6.07) is 11.9. The summed E-state index contributed by atoms with van der Waals surface area (Å²) in [4.78, 5) is 0. The molecule has 20 heavy (non-hydrogen) atoms. The Morgan fingerprint density at radius 1 is 1.15 bits per heavy atom. The normalized spacial score (nSPS) is 12.2. The van der Waals surface area contributed by atoms with Crippen LogP contribution < -0.4 is 10.5 Å². The molecule has 0 fully saturated rings. The van der Waals surface area contributed by atoms with Gasteiger partial charge < -0.3 is 15.6 Å². The first-order valence-electron chi connectivity index (χ1n) is 6.46. The zero-order valence-corrected chi connectivity index (χ0v) is 11.3. The van der Waals surface area contributed by atoms with E-state index in [0.29, 0.717) is 0 Å². The lowest BCUT2D eigenvalue weighted by atomic mass is 10.1. The maximum Gasteiger partial charge on any atom is 0.165 e. The lowest BCUT2D eigenvalue weighted by Crippen LogP contribution is -2.06. The molecule has 0 saturated heterocycles. The van der Waals surface area contributed by atoms with E-state index in [1.807, 2.05) is 24.3 Å². The quantitative estimate of drug-likeness (QED) is 0.882. The van der Waals surface area contributed by atoms with Crippen LogP contribution in [-0.4, -0.2) is 5.11 Å². The minimum atomic E-state index is -0.410. The molecule has 3 N–H and O–H groups in total. The SMILES string of the molecule is C[C@H](N)c1ccc(OCc2ccc(CO)cc2)c(F)c1. The van der Waals surface area contributed by atoms with Gasteiger partial charge >= 0.3 is 0 Å². The number of nitrogens with two attached hydrogens (primary N) is 1. The van der Waals surface area contributed by atoms with Crippen LogP contribution in [-0.2, 0) is 13.2 Å². The van der Waals surface area contributed by atoms with Crippen LogP contribution in [0.3, 0.4) is 0 Å². The Labute approximate surface area is 117 Å². The average molecular weight is 275 g/mol. The second-order valence-corrected chi connectivity index (χ2v) is 4.74. The summed E-state index contributed by atoms with van der Waals surface area (Å²) in [6.45, 7) is 2.09. The maximum atomic E-state index is 13.8. The van der Waals surface area contributed by atoms with E-state index < -0.39 is 5.82 Å². The molecule has 0 saturated carbocycles. The molecule has 0 aliphatic heterocycles. The zero-order valence-electron chi connectivity index (χ0n) is 11.3. The van der Waals surface area contributed by atoms with E-state index >= 15 is 0 Å². The zero-order chi connectivity index (χ0) is 14.5. The molecule has 2 aromatic carbocycles. The molecule has 0 aliphatic rings. The Morgan fingerprint density at radius 3 is 2.35 bits per heavy atom. The van der Waals surface area contributed by atoms with Crippen molar-refractivity contribution in [3.05, 3.63) is 65.0 Å². The van der Waals surface area contributed by atoms with E-state index in [1.165, 1.54) is 6.07 Å². The smallest absolute Gasteiger partial charge is 0.165 e. The molecule has 0 amide bonds. The van der Waals surface area contributed by atoms with E-state index in [-0.39, 0.29) is 25.0 Å². The molecule has 0 aromatic heterocycles. The number of aliphatic hydroxyl groups excluding tert-OH is 1. The van der Waals surface area contributed by atoms with E-state index in [1.54, 1.807) is 19.1 Å². The van der Waals surface area contributed by atoms with Gasteiger partial charge in [-0.05, 0) is 35.7 Å². The maximum absolute atomic E-state index is 13.8. The van der Waals surface area contributed by atoms with Gasteiger partial charge in [-0.25, -0.2) is 4.39 Å². The Balaban J connectivity index is 2.03. The van der Waals surface area contributed by atoms with Crippen molar-refractivity contribution < 1.29 is 14.2 Å². The van der Waals surface area contributed by atoms with Crippen LogP contribution in [0.2, 0.25) is 0 Å². The van der Waals surface area contributed by atoms with Crippen molar-refractivity contribution >= 4 is 0 Å². The Bertz CT molecular complexity index is 567. The molecular formula is C16H18FNO2. The highest BCUT2D eigenvalue weighted by molar-refractivity contribution is 5.31. The summed E-state index contributed by atoms with van der Waals surface area (Å²) in [5.74, 6) is -0.201. The summed E-state index contributed by atoms with van der Waals surface area (Å²) >= 11 is 0. The van der Waals surface area contributed by atoms with Crippen molar-refractivity contribution in [1.82, 2.24) is 0 Å². The second-order valence-electron chi connectivity index (χ2n) is 4.74. The molecular weight excluding hydrogens is 257 g/mol. The third-order valence-electron chi connectivity index (χ3n) is 3.08. The molecule has 4 heteroatoms. The Morgan fingerprint density at radius 2 is 1.80 bits per heavy atom. The Hall–Kier alpha value is -1.91. The van der Waals surface area contributed by atoms with E-state index in [9.17, 15) is 4.39 Å². The second kappa shape index (κ2) is 6.50. The lowest BCUT2D eigenvalue weighted by molar-refractivity contribution is 0.280. The van der Waals surface area contributed by atoms with Gasteiger partial charge in [0.15, 0.2) is 11.6 Å². The minimum Gasteiger partial charge on any atom is -0.486 e. The highest BCUT2D eigenvalue weighted by Gasteiger charge is 2.07. The van der Waals surface area contributed by atoms with Crippen molar-refractivity contribution in [3.63, 3.8) is 0 Å². The number of halogens is 1. The largest absolute Gasteiger partial charge is 0.486 e. The summed E-state index contributed by atoms with van der Waals surface area (Å²) in [6.07, 6.45) is 0. The first kappa shape index (κ1) is 14.5. The fourth-order valence-electron chi connectivity index (χ4n) is 1.82. The van der Waals surface area contributed by atoms with Crippen molar-refractivity contribution in [2.24, 2.45) is 5.73 Å². The third-order valence-corrected chi connectivity index (χ3v) is 3.08. The first-order chi connectivity index (χ1) is 9.60. The van der Waals surface area contributed by atoms with E-state index in [0.717, 1.165) is 16.7 Å². The van der Waals surface area contributed by atoms with Gasteiger partial charge in [-0.15, -0.1) is 0 Å². The van der Waals surface area contributed by atoms with Crippen LogP contribution >= 0.6 is 0 Å². The van der Waals surface area contributed by atoms with E-state index in [2.05, 4.69) is 0 Å². The molecule has 0 unspecified atom stereocenters. The van der Waals surface area contributed by atoms with Crippen molar-refractivity contribution in [1.29, 1.82) is 0 Å². The molecule has 2 rings (SSSR count). The summed E-state index contributed by atoms with van der Waals surface area (Å²) in [5.41, 5.74) is 8.18. The van der Waals surface area contributed by atoms with Crippen LogP contribution in [0.25, 0.3) is 0 Å². The van der Waals surface area contributed by atoms with Crippen molar-refractivity contribution in [2.45, 2.75) is 26.2 Å². The fourth-order valence-corrected chi connectivity index (χ4v) is 1.82. The monoisotopic (exact) mass is 275 g/mol. The summed E-state index contributed by atoms with van der Waals surface area (Å²) in [7, 11) is 0. The van der Waals surface area contributed by atoms with Crippen LogP contribution in [0.5, 0.6) is 5.75 Å². The predicted octanol–water partition coefficient (Wildman–Crippen LogP) is 2.92. The summed E-state index contributed by atoms with van der Waals surface area (Å²) < 4.78 is 19.3. The topological polar surface area (TPSA) is 55.5 Å². The molecule has 0 aliphatic carbocycles. The molecule has 106 valence electrons. The fraction of sp³-hybridized carbons (Fsp3) is 0.250. The molecule has 0 bridgehead atoms. The van der Waals surface area contributed by atoms with Gasteiger partial charge in [0.2, 0.25) is 0 Å². The number of ether oxygens (including phenoxy) is 1. The minimum absolute atomic E-state index is 0.00843. The van der Waals surface area contributed by atoms with Crippen LogP contribution in [0.1, 0.15) is 29.7 Å². The number of rotatable bonds is 5. The first-order valence-corrected chi connectivity index (χ1v) is 6.46. The molecule has 1 atom stereocenters. The number of hydrogen-bond donors (Lipinski definition) is 2. The number of hydrogen-bond acceptors (Lipinski definition) is 3. The molecule has 2 aromatic rings. The van der Waals surface area contributed by atoms with Crippen LogP contribution in [0.4, 0.5) is 4.39 Å². The lowest BCUT2D eigenvalue weighted by Gasteiger charge is -2.10. The van der Waals surface area contributed by atoms with Gasteiger partial charge in [-0.2, -0.15) is 0 Å². The standard InChI is InChI=1S/C16H18FNO2/c1-11(18)14-6-7-16(15(17)8-14)20-10-13-4-2-12(9-19)3-5-13/h2-8,11,19H,9-10,18H2,1H3/t11-/m0/s1. The number of aliphatic hydroxyl groups is 1. The van der Waals surface area contributed by atoms with Gasteiger partial charge in [0, 0.05) is 6.04 Å². The molecule has 0 spiro atoms. The van der Waals surface area contributed by atoms with Crippen LogP contribution in [0, 0.1) is 5.82 Å². The van der Waals surface area contributed by atoms with Crippen molar-refractivity contribution in [2.75, 3.05) is 0 Å². The van der Waals surface area contributed by atoms with Gasteiger partial charge in [0.25, 0.3) is 0 Å². The van der Waals surface area contributed by atoms with Gasteiger partial charge in [-0.3, -0.25) is 0 Å². The average Bonchev–Trinajstić information content (AvgIpc) is 2.46. The third kappa shape index (κ3) is 3.56.